The monoisotopic (exact) mass is 543 g/mol. The minimum Gasteiger partial charge on any atom is -0.459 e. The van der Waals surface area contributed by atoms with E-state index in [0.717, 1.165) is 24.2 Å². The Labute approximate surface area is 229 Å². The summed E-state index contributed by atoms with van der Waals surface area (Å²) in [7, 11) is 1.87. The molecule has 1 amide bonds. The first kappa shape index (κ1) is 29.1. The molecule has 10 heteroatoms. The molecule has 0 bridgehead atoms. The van der Waals surface area contributed by atoms with Crippen molar-refractivity contribution in [3.8, 4) is 5.69 Å². The topological polar surface area (TPSA) is 113 Å². The molecule has 1 saturated carbocycles. The van der Waals surface area contributed by atoms with E-state index < -0.39 is 12.2 Å². The van der Waals surface area contributed by atoms with E-state index in [4.69, 9.17) is 24.1 Å². The molecule has 39 heavy (non-hydrogen) atoms. The summed E-state index contributed by atoms with van der Waals surface area (Å²) >= 11 is 0. The second-order valence-electron chi connectivity index (χ2n) is 10.0. The van der Waals surface area contributed by atoms with Gasteiger partial charge in [-0.1, -0.05) is 18.2 Å². The summed E-state index contributed by atoms with van der Waals surface area (Å²) in [6.45, 7) is 6.21. The predicted octanol–water partition coefficient (Wildman–Crippen LogP) is 2.40. The minimum absolute atomic E-state index is 0.0308. The highest BCUT2D eigenvalue weighted by Gasteiger charge is 2.41. The first-order valence-corrected chi connectivity index (χ1v) is 13.8. The molecule has 2 heterocycles. The van der Waals surface area contributed by atoms with Crippen LogP contribution in [0, 0.1) is 18.8 Å². The van der Waals surface area contributed by atoms with Crippen LogP contribution in [0.25, 0.3) is 5.69 Å². The fraction of sp³-hybridized carbons (Fsp3) is 0.586. The Kier molecular flexibility index (Phi) is 10.4. The summed E-state index contributed by atoms with van der Waals surface area (Å²) < 4.78 is 26.7. The first-order valence-electron chi connectivity index (χ1n) is 13.8. The van der Waals surface area contributed by atoms with E-state index in [1.165, 1.54) is 0 Å². The normalized spacial score (nSPS) is 20.9. The number of nitrogens with one attached hydrogen (secondary N) is 1. The molecule has 1 aromatic carbocycles. The maximum Gasteiger partial charge on any atom is 0.286 e. The number of allylic oxidation sites excluding steroid dienone is 1. The summed E-state index contributed by atoms with van der Waals surface area (Å²) in [4.78, 5) is 27.1. The van der Waals surface area contributed by atoms with Gasteiger partial charge in [0, 0.05) is 49.9 Å². The number of ether oxygens (including phenoxy) is 4. The minimum atomic E-state index is -0.718. The Morgan fingerprint density at radius 1 is 1.13 bits per heavy atom. The molecule has 214 valence electrons. The molecule has 2 N–H and O–H groups in total. The van der Waals surface area contributed by atoms with E-state index >= 15 is 0 Å². The number of para-hydroxylation sites is 1. The van der Waals surface area contributed by atoms with Gasteiger partial charge in [-0.2, -0.15) is 0 Å². The fourth-order valence-corrected chi connectivity index (χ4v) is 5.00. The van der Waals surface area contributed by atoms with Crippen LogP contribution in [0.3, 0.4) is 0 Å². The number of aromatic nitrogens is 2. The van der Waals surface area contributed by atoms with Crippen molar-refractivity contribution in [1.82, 2.24) is 14.7 Å². The quantitative estimate of drug-likeness (QED) is 0.332. The molecule has 1 aromatic heterocycles. The first-order chi connectivity index (χ1) is 19.0. The molecular weight excluding hydrogens is 502 g/mol. The summed E-state index contributed by atoms with van der Waals surface area (Å²) in [5.74, 6) is -0.264. The van der Waals surface area contributed by atoms with Crippen LogP contribution in [-0.2, 0) is 30.8 Å². The van der Waals surface area contributed by atoms with Crippen LogP contribution < -0.4 is 10.9 Å². The van der Waals surface area contributed by atoms with Crippen LogP contribution >= 0.6 is 0 Å². The molecule has 10 nitrogen and oxygen atoms in total. The third-order valence-corrected chi connectivity index (χ3v) is 7.32. The zero-order chi connectivity index (χ0) is 27.8. The highest BCUT2D eigenvalue weighted by molar-refractivity contribution is 5.91. The largest absolute Gasteiger partial charge is 0.459 e. The van der Waals surface area contributed by atoms with Crippen LogP contribution in [0.2, 0.25) is 0 Å². The lowest BCUT2D eigenvalue weighted by atomic mass is 9.81. The number of carbonyl (C=O) groups is 1. The molecule has 1 aliphatic carbocycles. The van der Waals surface area contributed by atoms with Crippen molar-refractivity contribution in [3.05, 3.63) is 63.8 Å². The third-order valence-electron chi connectivity index (χ3n) is 7.32. The molecule has 2 aromatic rings. The van der Waals surface area contributed by atoms with E-state index in [0.29, 0.717) is 50.9 Å². The lowest BCUT2D eigenvalue weighted by Crippen LogP contribution is -2.41. The van der Waals surface area contributed by atoms with Crippen LogP contribution in [0.4, 0.5) is 0 Å². The zero-order valence-electron chi connectivity index (χ0n) is 23.1. The fourth-order valence-electron chi connectivity index (χ4n) is 5.00. The van der Waals surface area contributed by atoms with E-state index in [-0.39, 0.29) is 36.4 Å². The van der Waals surface area contributed by atoms with Crippen LogP contribution in [0.5, 0.6) is 0 Å². The van der Waals surface area contributed by atoms with Gasteiger partial charge in [-0.3, -0.25) is 14.3 Å². The van der Waals surface area contributed by atoms with Gasteiger partial charge in [0.25, 0.3) is 11.5 Å². The molecule has 0 unspecified atom stereocenters. The molecule has 4 rings (SSSR count). The van der Waals surface area contributed by atoms with Crippen molar-refractivity contribution in [1.29, 1.82) is 0 Å². The van der Waals surface area contributed by atoms with Gasteiger partial charge in [0.15, 0.2) is 5.76 Å². The molecule has 0 spiro atoms. The molecule has 2 aliphatic rings. The molecule has 1 aliphatic heterocycles. The van der Waals surface area contributed by atoms with Crippen molar-refractivity contribution >= 4 is 5.91 Å². The Hall–Kier alpha value is -2.92. The lowest BCUT2D eigenvalue weighted by molar-refractivity contribution is -0.168. The standard InChI is InChI=1S/C29H41N3O7/c1-4-38-29-23(12-14-36-16-17-37-15-13-33)24(18-25(39-29)27(34)30-19-21-10-11-21)26-20(2)31(3)32(28(26)35)22-8-6-5-7-9-22/h5-9,18,21,23-24,29,33H,4,10-17,19H2,1-3H3,(H,30,34)/t23-,24+,29-/m1/s1. The average Bonchev–Trinajstić information content (AvgIpc) is 3.74. The number of nitrogens with zero attached hydrogens (tertiary/aromatic N) is 2. The number of hydrogen-bond donors (Lipinski definition) is 2. The van der Waals surface area contributed by atoms with Crippen molar-refractivity contribution in [2.45, 2.75) is 45.3 Å². The molecular formula is C29H41N3O7. The highest BCUT2D eigenvalue weighted by Crippen LogP contribution is 2.39. The smallest absolute Gasteiger partial charge is 0.286 e. The van der Waals surface area contributed by atoms with Crippen LogP contribution in [0.15, 0.2) is 47.0 Å². The van der Waals surface area contributed by atoms with E-state index in [1.54, 1.807) is 10.8 Å². The van der Waals surface area contributed by atoms with Crippen molar-refractivity contribution in [2.24, 2.45) is 18.9 Å². The molecule has 1 fully saturated rings. The molecule has 0 radical (unpaired) electrons. The van der Waals surface area contributed by atoms with Crippen LogP contribution in [-0.4, -0.2) is 72.9 Å². The van der Waals surface area contributed by atoms with Crippen LogP contribution in [0.1, 0.15) is 43.4 Å². The van der Waals surface area contributed by atoms with Gasteiger partial charge < -0.3 is 29.4 Å². The number of carbonyl (C=O) groups excluding carboxylic acids is 1. The maximum atomic E-state index is 14.0. The van der Waals surface area contributed by atoms with E-state index in [9.17, 15) is 9.59 Å². The van der Waals surface area contributed by atoms with Gasteiger partial charge >= 0.3 is 0 Å². The average molecular weight is 544 g/mol. The number of benzene rings is 1. The number of rotatable bonds is 15. The predicted molar refractivity (Wildman–Crippen MR) is 146 cm³/mol. The number of aliphatic hydroxyl groups is 1. The van der Waals surface area contributed by atoms with E-state index in [2.05, 4.69) is 5.32 Å². The lowest BCUT2D eigenvalue weighted by Gasteiger charge is -2.36. The third kappa shape index (κ3) is 7.19. The number of aliphatic hydroxyl groups excluding tert-OH is 1. The SMILES string of the molecule is CCO[C@@H]1OC(C(=O)NCC2CC2)=C[C@H](c2c(C)n(C)n(-c3ccccc3)c2=O)[C@H]1CCOCCOCCO. The van der Waals surface area contributed by atoms with Crippen molar-refractivity contribution < 1.29 is 28.8 Å². The van der Waals surface area contributed by atoms with Gasteiger partial charge in [-0.15, -0.1) is 0 Å². The Morgan fingerprint density at radius 3 is 2.51 bits per heavy atom. The number of amides is 1. The van der Waals surface area contributed by atoms with Crippen molar-refractivity contribution in [2.75, 3.05) is 46.2 Å². The molecule has 3 atom stereocenters. The maximum absolute atomic E-state index is 14.0. The Morgan fingerprint density at radius 2 is 1.85 bits per heavy atom. The number of hydrogen-bond acceptors (Lipinski definition) is 7. The summed E-state index contributed by atoms with van der Waals surface area (Å²) in [6, 6.07) is 9.51. The van der Waals surface area contributed by atoms with Crippen molar-refractivity contribution in [3.63, 3.8) is 0 Å². The zero-order valence-corrected chi connectivity index (χ0v) is 23.1. The van der Waals surface area contributed by atoms with Gasteiger partial charge in [0.1, 0.15) is 0 Å². The summed E-state index contributed by atoms with van der Waals surface area (Å²) in [5.41, 5.74) is 2.05. The summed E-state index contributed by atoms with van der Waals surface area (Å²) in [6.07, 6.45) is 3.86. The van der Waals surface area contributed by atoms with E-state index in [1.807, 2.05) is 55.9 Å². The second-order valence-corrected chi connectivity index (χ2v) is 10.0. The second kappa shape index (κ2) is 13.9. The Balaban J connectivity index is 1.65. The van der Waals surface area contributed by atoms with Gasteiger partial charge in [-0.05, 0) is 57.2 Å². The summed E-state index contributed by atoms with van der Waals surface area (Å²) in [5, 5.41) is 11.8. The van der Waals surface area contributed by atoms with Gasteiger partial charge in [-0.25, -0.2) is 4.68 Å². The Bertz CT molecular complexity index is 1170. The molecule has 0 saturated heterocycles. The van der Waals surface area contributed by atoms with Gasteiger partial charge in [0.2, 0.25) is 6.29 Å². The highest BCUT2D eigenvalue weighted by atomic mass is 16.7. The van der Waals surface area contributed by atoms with Gasteiger partial charge in [0.05, 0.1) is 32.1 Å².